The Bertz CT molecular complexity index is 424. The number of carbonyl (C=O) groups excluding carboxylic acids is 1. The third-order valence-corrected chi connectivity index (χ3v) is 3.86. The maximum atomic E-state index is 12.1. The number of nitrogens with zero attached hydrogens (tertiary/aromatic N) is 1. The smallest absolute Gasteiger partial charge is 0.238 e. The first-order chi connectivity index (χ1) is 9.58. The summed E-state index contributed by atoms with van der Waals surface area (Å²) in [6.07, 6.45) is 2.68. The lowest BCUT2D eigenvalue weighted by Crippen LogP contribution is -2.39. The molecular formula is C15H24N2O2S. The number of aliphatic hydroxyl groups excluding tert-OH is 1. The third-order valence-electron chi connectivity index (χ3n) is 3.06. The average molecular weight is 296 g/mol. The molecule has 0 radical (unpaired) electrons. The number of carbonyl (C=O) groups is 1. The van der Waals surface area contributed by atoms with Gasteiger partial charge < -0.3 is 10.4 Å². The number of anilines is 1. The molecule has 0 heterocycles. The quantitative estimate of drug-likeness (QED) is 0.724. The van der Waals surface area contributed by atoms with E-state index < -0.39 is 0 Å². The molecule has 0 saturated carbocycles. The molecular weight excluding hydrogens is 272 g/mol. The highest BCUT2D eigenvalue weighted by Crippen LogP contribution is 2.24. The van der Waals surface area contributed by atoms with E-state index in [0.29, 0.717) is 13.0 Å². The molecule has 0 aliphatic rings. The first-order valence-electron chi connectivity index (χ1n) is 6.86. The van der Waals surface area contributed by atoms with Crippen LogP contribution in [0.3, 0.4) is 0 Å². The van der Waals surface area contributed by atoms with Gasteiger partial charge in [-0.1, -0.05) is 12.1 Å². The van der Waals surface area contributed by atoms with E-state index in [1.807, 2.05) is 30.5 Å². The molecule has 1 amide bonds. The summed E-state index contributed by atoms with van der Waals surface area (Å²) in [5, 5.41) is 11.9. The molecule has 1 rings (SSSR count). The first-order valence-corrected chi connectivity index (χ1v) is 8.08. The van der Waals surface area contributed by atoms with E-state index in [9.17, 15) is 4.79 Å². The SMILES string of the molecule is CSc1ccccc1NC(=O)CN(CCCO)C(C)C. The van der Waals surface area contributed by atoms with Gasteiger partial charge in [-0.05, 0) is 38.7 Å². The van der Waals surface area contributed by atoms with Gasteiger partial charge >= 0.3 is 0 Å². The summed E-state index contributed by atoms with van der Waals surface area (Å²) >= 11 is 1.62. The topological polar surface area (TPSA) is 52.6 Å². The maximum Gasteiger partial charge on any atom is 0.238 e. The van der Waals surface area contributed by atoms with Gasteiger partial charge in [0.1, 0.15) is 0 Å². The summed E-state index contributed by atoms with van der Waals surface area (Å²) in [5.74, 6) is -0.0156. The number of thioether (sulfide) groups is 1. The van der Waals surface area contributed by atoms with Gasteiger partial charge in [0, 0.05) is 24.1 Å². The fourth-order valence-corrected chi connectivity index (χ4v) is 2.47. The minimum absolute atomic E-state index is 0.0156. The van der Waals surface area contributed by atoms with Crippen LogP contribution < -0.4 is 5.32 Å². The van der Waals surface area contributed by atoms with Crippen LogP contribution in [-0.2, 0) is 4.79 Å². The number of aliphatic hydroxyl groups is 1. The van der Waals surface area contributed by atoms with Gasteiger partial charge in [-0.3, -0.25) is 9.69 Å². The lowest BCUT2D eigenvalue weighted by Gasteiger charge is -2.25. The van der Waals surface area contributed by atoms with E-state index in [4.69, 9.17) is 5.11 Å². The average Bonchev–Trinajstić information content (AvgIpc) is 2.43. The maximum absolute atomic E-state index is 12.1. The van der Waals surface area contributed by atoms with Crippen molar-refractivity contribution in [1.82, 2.24) is 4.90 Å². The Balaban J connectivity index is 2.61. The monoisotopic (exact) mass is 296 g/mol. The van der Waals surface area contributed by atoms with Crippen molar-refractivity contribution in [2.24, 2.45) is 0 Å². The number of hydrogen-bond donors (Lipinski definition) is 2. The van der Waals surface area contributed by atoms with E-state index in [-0.39, 0.29) is 18.6 Å². The fraction of sp³-hybridized carbons (Fsp3) is 0.533. The molecule has 0 bridgehead atoms. The number of para-hydroxylation sites is 1. The lowest BCUT2D eigenvalue weighted by atomic mass is 10.2. The van der Waals surface area contributed by atoms with Crippen LogP contribution in [0.5, 0.6) is 0 Å². The van der Waals surface area contributed by atoms with Gasteiger partial charge in [-0.2, -0.15) is 0 Å². The Labute approximate surface area is 125 Å². The molecule has 4 nitrogen and oxygen atoms in total. The summed E-state index contributed by atoms with van der Waals surface area (Å²) < 4.78 is 0. The summed E-state index contributed by atoms with van der Waals surface area (Å²) in [7, 11) is 0. The van der Waals surface area contributed by atoms with E-state index in [0.717, 1.165) is 17.1 Å². The Kier molecular flexibility index (Phi) is 7.65. The van der Waals surface area contributed by atoms with Crippen LogP contribution in [0.25, 0.3) is 0 Å². The highest BCUT2D eigenvalue weighted by atomic mass is 32.2. The molecule has 0 spiro atoms. The number of nitrogens with one attached hydrogen (secondary N) is 1. The van der Waals surface area contributed by atoms with Crippen molar-refractivity contribution < 1.29 is 9.90 Å². The second kappa shape index (κ2) is 9.00. The second-order valence-electron chi connectivity index (χ2n) is 4.89. The molecule has 1 aromatic rings. The minimum Gasteiger partial charge on any atom is -0.396 e. The normalized spacial score (nSPS) is 11.1. The van der Waals surface area contributed by atoms with Crippen molar-refractivity contribution in [3.8, 4) is 0 Å². The van der Waals surface area contributed by atoms with Gasteiger partial charge in [0.2, 0.25) is 5.91 Å². The van der Waals surface area contributed by atoms with Crippen LogP contribution in [0.4, 0.5) is 5.69 Å². The highest BCUT2D eigenvalue weighted by molar-refractivity contribution is 7.98. The number of hydrogen-bond acceptors (Lipinski definition) is 4. The van der Waals surface area contributed by atoms with Crippen LogP contribution >= 0.6 is 11.8 Å². The number of rotatable bonds is 8. The largest absolute Gasteiger partial charge is 0.396 e. The van der Waals surface area contributed by atoms with Gasteiger partial charge in [0.25, 0.3) is 0 Å². The zero-order chi connectivity index (χ0) is 15.0. The second-order valence-corrected chi connectivity index (χ2v) is 5.74. The van der Waals surface area contributed by atoms with Crippen LogP contribution in [-0.4, -0.2) is 47.9 Å². The van der Waals surface area contributed by atoms with Crippen molar-refractivity contribution in [1.29, 1.82) is 0 Å². The molecule has 2 N–H and O–H groups in total. The molecule has 1 aromatic carbocycles. The van der Waals surface area contributed by atoms with E-state index in [2.05, 4.69) is 24.1 Å². The zero-order valence-corrected chi connectivity index (χ0v) is 13.2. The molecule has 0 aliphatic heterocycles. The van der Waals surface area contributed by atoms with Gasteiger partial charge in [0.05, 0.1) is 12.2 Å². The van der Waals surface area contributed by atoms with Gasteiger partial charge in [-0.25, -0.2) is 0 Å². The molecule has 5 heteroatoms. The summed E-state index contributed by atoms with van der Waals surface area (Å²) in [5.41, 5.74) is 0.857. The van der Waals surface area contributed by atoms with E-state index in [1.165, 1.54) is 0 Å². The van der Waals surface area contributed by atoms with Crippen LogP contribution in [0.1, 0.15) is 20.3 Å². The summed E-state index contributed by atoms with van der Waals surface area (Å²) in [6, 6.07) is 8.07. The predicted molar refractivity (Wildman–Crippen MR) is 85.3 cm³/mol. The molecule has 0 aliphatic carbocycles. The fourth-order valence-electron chi connectivity index (χ4n) is 1.92. The Morgan fingerprint density at radius 1 is 1.40 bits per heavy atom. The molecule has 0 fully saturated rings. The number of amides is 1. The van der Waals surface area contributed by atoms with Crippen molar-refractivity contribution in [3.63, 3.8) is 0 Å². The lowest BCUT2D eigenvalue weighted by molar-refractivity contribution is -0.117. The molecule has 20 heavy (non-hydrogen) atoms. The van der Waals surface area contributed by atoms with Crippen LogP contribution in [0, 0.1) is 0 Å². The van der Waals surface area contributed by atoms with Crippen molar-refractivity contribution in [2.45, 2.75) is 31.2 Å². The molecule has 0 saturated heterocycles. The zero-order valence-electron chi connectivity index (χ0n) is 12.4. The predicted octanol–water partition coefficient (Wildman–Crippen LogP) is 2.44. The molecule has 0 aromatic heterocycles. The molecule has 0 unspecified atom stereocenters. The Morgan fingerprint density at radius 2 is 2.10 bits per heavy atom. The van der Waals surface area contributed by atoms with Crippen molar-refractivity contribution in [3.05, 3.63) is 24.3 Å². The van der Waals surface area contributed by atoms with Gasteiger partial charge in [-0.15, -0.1) is 11.8 Å². The van der Waals surface area contributed by atoms with Crippen molar-refractivity contribution >= 4 is 23.4 Å². The van der Waals surface area contributed by atoms with E-state index in [1.54, 1.807) is 11.8 Å². The number of benzene rings is 1. The van der Waals surface area contributed by atoms with Crippen LogP contribution in [0.15, 0.2) is 29.2 Å². The minimum atomic E-state index is -0.0156. The van der Waals surface area contributed by atoms with E-state index >= 15 is 0 Å². The summed E-state index contributed by atoms with van der Waals surface area (Å²) in [4.78, 5) is 15.3. The first kappa shape index (κ1) is 17.0. The molecule has 112 valence electrons. The van der Waals surface area contributed by atoms with Crippen molar-refractivity contribution in [2.75, 3.05) is 31.3 Å². The Hall–Kier alpha value is -1.04. The van der Waals surface area contributed by atoms with Gasteiger partial charge in [0.15, 0.2) is 0 Å². The third kappa shape index (κ3) is 5.53. The highest BCUT2D eigenvalue weighted by Gasteiger charge is 2.14. The summed E-state index contributed by atoms with van der Waals surface area (Å²) in [6.45, 7) is 5.34. The Morgan fingerprint density at radius 3 is 2.70 bits per heavy atom. The standard InChI is InChI=1S/C15H24N2O2S/c1-12(2)17(9-6-10-18)11-15(19)16-13-7-4-5-8-14(13)20-3/h4-5,7-8,12,18H,6,9-11H2,1-3H3,(H,16,19). The van der Waals surface area contributed by atoms with Crippen LogP contribution in [0.2, 0.25) is 0 Å². The molecule has 0 atom stereocenters.